The topological polar surface area (TPSA) is 65.1 Å². The molecule has 4 heteroatoms. The molecule has 0 bridgehead atoms. The Labute approximate surface area is 72.9 Å². The molecule has 0 saturated carbocycles. The van der Waals surface area contributed by atoms with Crippen molar-refractivity contribution < 1.29 is 0 Å². The molecular weight excluding hydrogens is 152 g/mol. The molecular formula is C8H16N4. The van der Waals surface area contributed by atoms with Crippen LogP contribution in [0.4, 0.5) is 0 Å². The van der Waals surface area contributed by atoms with E-state index in [9.17, 15) is 0 Å². The van der Waals surface area contributed by atoms with Gasteiger partial charge in [0.2, 0.25) is 0 Å². The number of rotatable bonds is 3. The zero-order chi connectivity index (χ0) is 8.97. The number of nitrogens with zero attached hydrogens (tertiary/aromatic N) is 1. The summed E-state index contributed by atoms with van der Waals surface area (Å²) < 4.78 is 0. The molecule has 68 valence electrons. The largest absolute Gasteiger partial charge is 0.370 e. The molecule has 0 aromatic heterocycles. The van der Waals surface area contributed by atoms with Gasteiger partial charge in [-0.3, -0.25) is 5.41 Å². The summed E-state index contributed by atoms with van der Waals surface area (Å²) in [6.45, 7) is 2.63. The van der Waals surface area contributed by atoms with Gasteiger partial charge in [0, 0.05) is 13.1 Å². The molecule has 1 rings (SSSR count). The molecule has 1 aliphatic heterocycles. The van der Waals surface area contributed by atoms with E-state index in [1.165, 1.54) is 5.57 Å². The molecule has 0 fully saturated rings. The van der Waals surface area contributed by atoms with Crippen LogP contribution in [0.2, 0.25) is 0 Å². The summed E-state index contributed by atoms with van der Waals surface area (Å²) in [6.07, 6.45) is 3.21. The van der Waals surface area contributed by atoms with Crippen LogP contribution < -0.4 is 11.1 Å². The predicted molar refractivity (Wildman–Crippen MR) is 50.1 cm³/mol. The average molecular weight is 168 g/mol. The highest BCUT2D eigenvalue weighted by Crippen LogP contribution is 2.10. The molecule has 0 aromatic rings. The minimum Gasteiger partial charge on any atom is -0.370 e. The first-order chi connectivity index (χ1) is 5.74. The second kappa shape index (κ2) is 4.11. The predicted octanol–water partition coefficient (Wildman–Crippen LogP) is -0.269. The molecule has 0 atom stereocenters. The molecule has 0 amide bonds. The summed E-state index contributed by atoms with van der Waals surface area (Å²) in [5.74, 6) is 0.172. The lowest BCUT2D eigenvalue weighted by molar-refractivity contribution is 0.517. The van der Waals surface area contributed by atoms with E-state index in [0.29, 0.717) is 0 Å². The van der Waals surface area contributed by atoms with Crippen molar-refractivity contribution in [2.24, 2.45) is 5.73 Å². The lowest BCUT2D eigenvalue weighted by Crippen LogP contribution is -2.34. The molecule has 1 aliphatic rings. The number of hydrogen-bond donors (Lipinski definition) is 3. The fourth-order valence-electron chi connectivity index (χ4n) is 1.26. The van der Waals surface area contributed by atoms with Gasteiger partial charge in [-0.15, -0.1) is 0 Å². The van der Waals surface area contributed by atoms with Gasteiger partial charge in [-0.05, 0) is 20.0 Å². The van der Waals surface area contributed by atoms with Crippen molar-refractivity contribution in [3.63, 3.8) is 0 Å². The van der Waals surface area contributed by atoms with Gasteiger partial charge < -0.3 is 16.0 Å². The first-order valence-corrected chi connectivity index (χ1v) is 4.15. The van der Waals surface area contributed by atoms with Crippen LogP contribution in [-0.4, -0.2) is 37.5 Å². The Kier molecular flexibility index (Phi) is 3.10. The molecule has 0 spiro atoms. The van der Waals surface area contributed by atoms with E-state index in [2.05, 4.69) is 11.4 Å². The summed E-state index contributed by atoms with van der Waals surface area (Å²) in [6, 6.07) is 0. The van der Waals surface area contributed by atoms with Crippen LogP contribution >= 0.6 is 0 Å². The minimum absolute atomic E-state index is 0.172. The number of guanidine groups is 1. The van der Waals surface area contributed by atoms with E-state index in [-0.39, 0.29) is 5.96 Å². The van der Waals surface area contributed by atoms with Crippen LogP contribution in [0.3, 0.4) is 0 Å². The third-order valence-electron chi connectivity index (χ3n) is 2.03. The Morgan fingerprint density at radius 2 is 2.58 bits per heavy atom. The molecule has 1 heterocycles. The first-order valence-electron chi connectivity index (χ1n) is 4.15. The highest BCUT2D eigenvalue weighted by molar-refractivity contribution is 5.75. The molecule has 0 unspecified atom stereocenters. The molecule has 0 aliphatic carbocycles. The van der Waals surface area contributed by atoms with Gasteiger partial charge in [0.1, 0.15) is 0 Å². The van der Waals surface area contributed by atoms with E-state index in [1.807, 2.05) is 11.9 Å². The molecule has 4 nitrogen and oxygen atoms in total. The fraction of sp³-hybridized carbons (Fsp3) is 0.625. The lowest BCUT2D eigenvalue weighted by Gasteiger charge is -2.15. The Balaban J connectivity index is 2.28. The van der Waals surface area contributed by atoms with Gasteiger partial charge in [0.05, 0.1) is 0 Å². The van der Waals surface area contributed by atoms with Gasteiger partial charge >= 0.3 is 0 Å². The van der Waals surface area contributed by atoms with Gasteiger partial charge in [-0.1, -0.05) is 11.6 Å². The summed E-state index contributed by atoms with van der Waals surface area (Å²) in [7, 11) is 1.94. The van der Waals surface area contributed by atoms with Gasteiger partial charge in [-0.2, -0.15) is 0 Å². The monoisotopic (exact) mass is 168 g/mol. The van der Waals surface area contributed by atoms with E-state index in [0.717, 1.165) is 26.1 Å². The first kappa shape index (κ1) is 9.06. The normalized spacial score (nSPS) is 16.4. The van der Waals surface area contributed by atoms with Crippen LogP contribution in [0.25, 0.3) is 0 Å². The molecule has 0 radical (unpaired) electrons. The number of nitrogens with two attached hydrogens (primary N) is 1. The Morgan fingerprint density at radius 3 is 3.08 bits per heavy atom. The van der Waals surface area contributed by atoms with Crippen molar-refractivity contribution in [1.82, 2.24) is 10.2 Å². The highest BCUT2D eigenvalue weighted by Gasteiger charge is 2.13. The molecule has 12 heavy (non-hydrogen) atoms. The third-order valence-corrected chi connectivity index (χ3v) is 2.03. The maximum atomic E-state index is 7.21. The Bertz CT molecular complexity index is 197. The zero-order valence-corrected chi connectivity index (χ0v) is 7.43. The van der Waals surface area contributed by atoms with E-state index in [1.54, 1.807) is 0 Å². The highest BCUT2D eigenvalue weighted by atomic mass is 15.2. The summed E-state index contributed by atoms with van der Waals surface area (Å²) >= 11 is 0. The van der Waals surface area contributed by atoms with Crippen LogP contribution in [0.1, 0.15) is 6.42 Å². The lowest BCUT2D eigenvalue weighted by atomic mass is 10.2. The average Bonchev–Trinajstić information content (AvgIpc) is 2.48. The standard InChI is InChI=1S/C8H16N4/c1-11-4-2-7-3-5-12(6-7)8(9)10/h3,11H,2,4-6H2,1H3,(H3,9,10). The SMILES string of the molecule is CNCCC1=CCN(C(=N)N)C1. The minimum atomic E-state index is 0.172. The second-order valence-electron chi connectivity index (χ2n) is 2.98. The van der Waals surface area contributed by atoms with Crippen molar-refractivity contribution in [3.8, 4) is 0 Å². The quantitative estimate of drug-likeness (QED) is 0.309. The van der Waals surface area contributed by atoms with Crippen LogP contribution in [0.15, 0.2) is 11.6 Å². The number of nitrogens with one attached hydrogen (secondary N) is 2. The van der Waals surface area contributed by atoms with Crippen molar-refractivity contribution in [2.75, 3.05) is 26.7 Å². The van der Waals surface area contributed by atoms with Crippen LogP contribution in [0, 0.1) is 5.41 Å². The van der Waals surface area contributed by atoms with E-state index >= 15 is 0 Å². The smallest absolute Gasteiger partial charge is 0.188 e. The molecule has 0 saturated heterocycles. The maximum Gasteiger partial charge on any atom is 0.188 e. The van der Waals surface area contributed by atoms with Gasteiger partial charge in [0.25, 0.3) is 0 Å². The Hall–Kier alpha value is -1.03. The van der Waals surface area contributed by atoms with Gasteiger partial charge in [0.15, 0.2) is 5.96 Å². The van der Waals surface area contributed by atoms with E-state index < -0.39 is 0 Å². The van der Waals surface area contributed by atoms with Crippen LogP contribution in [-0.2, 0) is 0 Å². The molecule has 4 N–H and O–H groups in total. The van der Waals surface area contributed by atoms with E-state index in [4.69, 9.17) is 11.1 Å². The zero-order valence-electron chi connectivity index (χ0n) is 7.43. The summed E-state index contributed by atoms with van der Waals surface area (Å²) in [4.78, 5) is 1.85. The van der Waals surface area contributed by atoms with Crippen molar-refractivity contribution in [2.45, 2.75) is 6.42 Å². The van der Waals surface area contributed by atoms with Crippen molar-refractivity contribution in [1.29, 1.82) is 5.41 Å². The maximum absolute atomic E-state index is 7.21. The Morgan fingerprint density at radius 1 is 1.83 bits per heavy atom. The fourth-order valence-corrected chi connectivity index (χ4v) is 1.26. The van der Waals surface area contributed by atoms with Crippen molar-refractivity contribution in [3.05, 3.63) is 11.6 Å². The third kappa shape index (κ3) is 2.23. The second-order valence-corrected chi connectivity index (χ2v) is 2.98. The van der Waals surface area contributed by atoms with Crippen LogP contribution in [0.5, 0.6) is 0 Å². The molecule has 0 aromatic carbocycles. The summed E-state index contributed by atoms with van der Waals surface area (Å²) in [5, 5.41) is 10.3. The van der Waals surface area contributed by atoms with Crippen molar-refractivity contribution >= 4 is 5.96 Å². The number of hydrogen-bond acceptors (Lipinski definition) is 2. The summed E-state index contributed by atoms with van der Waals surface area (Å²) in [5.41, 5.74) is 6.72. The van der Waals surface area contributed by atoms with Gasteiger partial charge in [-0.25, -0.2) is 0 Å².